The topological polar surface area (TPSA) is 97.4 Å². The molecule has 134 valence electrons. The molecule has 25 heavy (non-hydrogen) atoms. The van der Waals surface area contributed by atoms with Crippen molar-refractivity contribution in [1.29, 1.82) is 0 Å². The monoisotopic (exact) mass is 383 g/mol. The minimum Gasteiger partial charge on any atom is -0.459 e. The van der Waals surface area contributed by atoms with Gasteiger partial charge < -0.3 is 20.8 Å². The van der Waals surface area contributed by atoms with Crippen molar-refractivity contribution in [2.45, 2.75) is 31.2 Å². The van der Waals surface area contributed by atoms with Gasteiger partial charge in [-0.15, -0.1) is 12.4 Å². The number of rotatable bonds is 4. The standard InChI is InChI=1S/C17H18ClN3O3.ClH/c18-12-10-11(20-16(23)17(19)7-1-2-8-17)5-6-13(12)21-15(22)14-4-3-9-24-14;/h3-6,9-10H,1-2,7-8,19H2,(H,20,23)(H,21,22);1H. The number of anilines is 2. The summed E-state index contributed by atoms with van der Waals surface area (Å²) in [5.41, 5.74) is 6.29. The highest BCUT2D eigenvalue weighted by Gasteiger charge is 2.37. The van der Waals surface area contributed by atoms with Gasteiger partial charge in [-0.2, -0.15) is 0 Å². The van der Waals surface area contributed by atoms with Gasteiger partial charge in [0.1, 0.15) is 0 Å². The number of halogens is 2. The highest BCUT2D eigenvalue weighted by Crippen LogP contribution is 2.30. The van der Waals surface area contributed by atoms with E-state index in [9.17, 15) is 9.59 Å². The van der Waals surface area contributed by atoms with E-state index in [-0.39, 0.29) is 24.1 Å². The van der Waals surface area contributed by atoms with Crippen LogP contribution in [0.25, 0.3) is 0 Å². The molecular formula is C17H19Cl2N3O3. The van der Waals surface area contributed by atoms with Gasteiger partial charge in [0.2, 0.25) is 5.91 Å². The summed E-state index contributed by atoms with van der Waals surface area (Å²) in [5.74, 6) is -0.413. The Balaban J connectivity index is 0.00000225. The molecule has 1 aliphatic rings. The second-order valence-corrected chi connectivity index (χ2v) is 6.35. The molecular weight excluding hydrogens is 365 g/mol. The van der Waals surface area contributed by atoms with Crippen LogP contribution in [0.1, 0.15) is 36.2 Å². The molecule has 6 nitrogen and oxygen atoms in total. The van der Waals surface area contributed by atoms with E-state index in [0.29, 0.717) is 29.2 Å². The zero-order chi connectivity index (χ0) is 17.2. The third-order valence-electron chi connectivity index (χ3n) is 4.17. The Morgan fingerprint density at radius 3 is 2.48 bits per heavy atom. The Bertz CT molecular complexity index is 757. The van der Waals surface area contributed by atoms with Crippen molar-refractivity contribution >= 4 is 47.2 Å². The summed E-state index contributed by atoms with van der Waals surface area (Å²) >= 11 is 6.18. The number of benzene rings is 1. The molecule has 4 N–H and O–H groups in total. The Morgan fingerprint density at radius 1 is 1.16 bits per heavy atom. The number of furan rings is 1. The van der Waals surface area contributed by atoms with E-state index in [4.69, 9.17) is 21.8 Å². The molecule has 2 aromatic rings. The lowest BCUT2D eigenvalue weighted by molar-refractivity contribution is -0.121. The van der Waals surface area contributed by atoms with E-state index in [1.54, 1.807) is 30.3 Å². The first-order valence-corrected chi connectivity index (χ1v) is 8.10. The lowest BCUT2D eigenvalue weighted by atomic mass is 9.98. The summed E-state index contributed by atoms with van der Waals surface area (Å²) < 4.78 is 5.03. The smallest absolute Gasteiger partial charge is 0.291 e. The molecule has 0 atom stereocenters. The van der Waals surface area contributed by atoms with E-state index < -0.39 is 11.4 Å². The fourth-order valence-electron chi connectivity index (χ4n) is 2.77. The number of carbonyl (C=O) groups is 2. The van der Waals surface area contributed by atoms with E-state index >= 15 is 0 Å². The number of amides is 2. The lowest BCUT2D eigenvalue weighted by Crippen LogP contribution is -2.48. The zero-order valence-electron chi connectivity index (χ0n) is 13.4. The maximum atomic E-state index is 12.3. The number of carbonyl (C=O) groups excluding carboxylic acids is 2. The SMILES string of the molecule is Cl.NC1(C(=O)Nc2ccc(NC(=O)c3ccco3)c(Cl)c2)CCCC1. The van der Waals surface area contributed by atoms with Gasteiger partial charge in [-0.1, -0.05) is 24.4 Å². The molecule has 0 unspecified atom stereocenters. The van der Waals surface area contributed by atoms with Crippen LogP contribution < -0.4 is 16.4 Å². The van der Waals surface area contributed by atoms with Crippen molar-refractivity contribution in [3.8, 4) is 0 Å². The zero-order valence-corrected chi connectivity index (χ0v) is 15.0. The molecule has 2 amide bonds. The molecule has 0 radical (unpaired) electrons. The number of hydrogen-bond acceptors (Lipinski definition) is 4. The summed E-state index contributed by atoms with van der Waals surface area (Å²) in [6, 6.07) is 8.05. The van der Waals surface area contributed by atoms with Crippen molar-refractivity contribution in [3.05, 3.63) is 47.4 Å². The quantitative estimate of drug-likeness (QED) is 0.747. The van der Waals surface area contributed by atoms with Crippen LogP contribution in [0.3, 0.4) is 0 Å². The molecule has 1 heterocycles. The molecule has 0 aliphatic heterocycles. The number of nitrogens with two attached hydrogens (primary N) is 1. The minimum absolute atomic E-state index is 0. The second kappa shape index (κ2) is 7.91. The molecule has 0 saturated heterocycles. The van der Waals surface area contributed by atoms with E-state index in [1.165, 1.54) is 6.26 Å². The van der Waals surface area contributed by atoms with Gasteiger partial charge in [0, 0.05) is 5.69 Å². The molecule has 3 rings (SSSR count). The minimum atomic E-state index is -0.807. The van der Waals surface area contributed by atoms with Gasteiger partial charge in [-0.3, -0.25) is 9.59 Å². The summed E-state index contributed by atoms with van der Waals surface area (Å²) in [4.78, 5) is 24.3. The van der Waals surface area contributed by atoms with Crippen molar-refractivity contribution in [3.63, 3.8) is 0 Å². The number of hydrogen-bond donors (Lipinski definition) is 3. The fraction of sp³-hybridized carbons (Fsp3) is 0.294. The average molecular weight is 384 g/mol. The van der Waals surface area contributed by atoms with Gasteiger partial charge in [-0.25, -0.2) is 0 Å². The van der Waals surface area contributed by atoms with Crippen LogP contribution in [0.15, 0.2) is 41.0 Å². The van der Waals surface area contributed by atoms with Gasteiger partial charge >= 0.3 is 0 Å². The maximum absolute atomic E-state index is 12.3. The number of nitrogens with one attached hydrogen (secondary N) is 2. The van der Waals surface area contributed by atoms with Crippen molar-refractivity contribution in [2.24, 2.45) is 5.73 Å². The van der Waals surface area contributed by atoms with E-state index in [0.717, 1.165) is 12.8 Å². The molecule has 1 aliphatic carbocycles. The molecule has 0 bridgehead atoms. The van der Waals surface area contributed by atoms with Gasteiger partial charge in [-0.05, 0) is 43.2 Å². The first-order valence-electron chi connectivity index (χ1n) is 7.73. The highest BCUT2D eigenvalue weighted by molar-refractivity contribution is 6.34. The largest absolute Gasteiger partial charge is 0.459 e. The second-order valence-electron chi connectivity index (χ2n) is 5.94. The summed E-state index contributed by atoms with van der Waals surface area (Å²) in [6.45, 7) is 0. The van der Waals surface area contributed by atoms with Gasteiger partial charge in [0.25, 0.3) is 5.91 Å². The normalized spacial score (nSPS) is 15.3. The lowest BCUT2D eigenvalue weighted by Gasteiger charge is -2.22. The summed E-state index contributed by atoms with van der Waals surface area (Å²) in [7, 11) is 0. The summed E-state index contributed by atoms with van der Waals surface area (Å²) in [5, 5.41) is 5.76. The maximum Gasteiger partial charge on any atom is 0.291 e. The van der Waals surface area contributed by atoms with Crippen molar-refractivity contribution in [2.75, 3.05) is 10.6 Å². The predicted octanol–water partition coefficient (Wildman–Crippen LogP) is 3.82. The van der Waals surface area contributed by atoms with Crippen LogP contribution in [0.4, 0.5) is 11.4 Å². The van der Waals surface area contributed by atoms with Crippen molar-refractivity contribution < 1.29 is 14.0 Å². The Labute approximate surface area is 156 Å². The Morgan fingerprint density at radius 2 is 1.88 bits per heavy atom. The average Bonchev–Trinajstić information content (AvgIpc) is 3.22. The molecule has 1 fully saturated rings. The van der Waals surface area contributed by atoms with Crippen molar-refractivity contribution in [1.82, 2.24) is 0 Å². The first-order chi connectivity index (χ1) is 11.5. The van der Waals surface area contributed by atoms with Crippen LogP contribution in [0.2, 0.25) is 5.02 Å². The third-order valence-corrected chi connectivity index (χ3v) is 4.48. The Hall–Kier alpha value is -2.02. The molecule has 1 aromatic carbocycles. The third kappa shape index (κ3) is 4.34. The molecule has 0 spiro atoms. The fourth-order valence-corrected chi connectivity index (χ4v) is 3.00. The Kier molecular flexibility index (Phi) is 6.11. The summed E-state index contributed by atoms with van der Waals surface area (Å²) in [6.07, 6.45) is 4.71. The van der Waals surface area contributed by atoms with Crippen LogP contribution in [-0.2, 0) is 4.79 Å². The van der Waals surface area contributed by atoms with E-state index in [2.05, 4.69) is 10.6 Å². The first kappa shape index (κ1) is 19.3. The molecule has 8 heteroatoms. The molecule has 1 saturated carbocycles. The van der Waals surface area contributed by atoms with Gasteiger partial charge in [0.15, 0.2) is 5.76 Å². The highest BCUT2D eigenvalue weighted by atomic mass is 35.5. The van der Waals surface area contributed by atoms with Gasteiger partial charge in [0.05, 0.1) is 22.5 Å². The van der Waals surface area contributed by atoms with Crippen LogP contribution in [-0.4, -0.2) is 17.4 Å². The van der Waals surface area contributed by atoms with Crippen LogP contribution >= 0.6 is 24.0 Å². The molecule has 1 aromatic heterocycles. The van der Waals surface area contributed by atoms with E-state index in [1.807, 2.05) is 0 Å². The van der Waals surface area contributed by atoms with Crippen LogP contribution in [0.5, 0.6) is 0 Å². The van der Waals surface area contributed by atoms with Crippen LogP contribution in [0, 0.1) is 0 Å². The predicted molar refractivity (Wildman–Crippen MR) is 99.4 cm³/mol.